The largest absolute Gasteiger partial charge is 0.494 e. The van der Waals surface area contributed by atoms with E-state index in [0.29, 0.717) is 5.92 Å². The van der Waals surface area contributed by atoms with Crippen LogP contribution < -0.4 is 4.74 Å². The normalized spacial score (nSPS) is 20.2. The van der Waals surface area contributed by atoms with E-state index in [9.17, 15) is 0 Å². The average molecular weight is 378 g/mol. The van der Waals surface area contributed by atoms with Gasteiger partial charge in [0.1, 0.15) is 5.75 Å². The first-order valence-electron chi connectivity index (χ1n) is 10.7. The molecule has 2 aromatic rings. The van der Waals surface area contributed by atoms with Crippen LogP contribution in [-0.2, 0) is 0 Å². The SMILES string of the molecule is CCCCCCC1CCCC2=NC(=Cc3[nH]c(-c4ccc[nH]4)cc3OC)C=C21. The maximum atomic E-state index is 5.59. The van der Waals surface area contributed by atoms with E-state index >= 15 is 0 Å². The van der Waals surface area contributed by atoms with Crippen molar-refractivity contribution in [1.29, 1.82) is 0 Å². The zero-order valence-corrected chi connectivity index (χ0v) is 17.1. The number of methoxy groups -OCH3 is 1. The molecule has 4 rings (SSSR count). The third-order valence-corrected chi connectivity index (χ3v) is 5.92. The molecular formula is C24H31N3O. The van der Waals surface area contributed by atoms with Crippen molar-refractivity contribution >= 4 is 11.8 Å². The second-order valence-corrected chi connectivity index (χ2v) is 7.91. The summed E-state index contributed by atoms with van der Waals surface area (Å²) >= 11 is 0. The van der Waals surface area contributed by atoms with Crippen LogP contribution in [0.5, 0.6) is 5.75 Å². The predicted molar refractivity (Wildman–Crippen MR) is 117 cm³/mol. The van der Waals surface area contributed by atoms with Crippen molar-refractivity contribution in [3.8, 4) is 17.1 Å². The monoisotopic (exact) mass is 377 g/mol. The van der Waals surface area contributed by atoms with Gasteiger partial charge in [0.15, 0.2) is 0 Å². The molecule has 1 aliphatic heterocycles. The van der Waals surface area contributed by atoms with Gasteiger partial charge < -0.3 is 14.7 Å². The van der Waals surface area contributed by atoms with Gasteiger partial charge in [-0.2, -0.15) is 0 Å². The first-order valence-corrected chi connectivity index (χ1v) is 10.7. The summed E-state index contributed by atoms with van der Waals surface area (Å²) < 4.78 is 5.59. The van der Waals surface area contributed by atoms with Crippen LogP contribution in [0.4, 0.5) is 0 Å². The van der Waals surface area contributed by atoms with E-state index in [0.717, 1.165) is 34.9 Å². The number of allylic oxidation sites excluding steroid dienone is 2. The Morgan fingerprint density at radius 2 is 2.18 bits per heavy atom. The predicted octanol–water partition coefficient (Wildman–Crippen LogP) is 6.51. The summed E-state index contributed by atoms with van der Waals surface area (Å²) in [5.41, 5.74) is 6.90. The molecule has 0 bridgehead atoms. The molecule has 0 aromatic carbocycles. The van der Waals surface area contributed by atoms with E-state index < -0.39 is 0 Å². The molecule has 1 aliphatic carbocycles. The highest BCUT2D eigenvalue weighted by molar-refractivity contribution is 6.05. The number of fused-ring (bicyclic) bond motifs is 1. The van der Waals surface area contributed by atoms with Gasteiger partial charge in [0.25, 0.3) is 0 Å². The van der Waals surface area contributed by atoms with E-state index in [4.69, 9.17) is 9.73 Å². The molecule has 1 fully saturated rings. The molecule has 1 atom stereocenters. The third-order valence-electron chi connectivity index (χ3n) is 5.92. The van der Waals surface area contributed by atoms with Crippen LogP contribution in [-0.4, -0.2) is 22.8 Å². The molecule has 148 valence electrons. The van der Waals surface area contributed by atoms with E-state index in [-0.39, 0.29) is 0 Å². The van der Waals surface area contributed by atoms with Crippen LogP contribution in [0, 0.1) is 5.92 Å². The minimum Gasteiger partial charge on any atom is -0.494 e. The van der Waals surface area contributed by atoms with Crippen LogP contribution in [0.25, 0.3) is 17.5 Å². The summed E-state index contributed by atoms with van der Waals surface area (Å²) in [6.45, 7) is 2.28. The minimum absolute atomic E-state index is 0.690. The Morgan fingerprint density at radius 3 is 2.96 bits per heavy atom. The number of nitrogens with one attached hydrogen (secondary N) is 2. The van der Waals surface area contributed by atoms with Gasteiger partial charge in [0.05, 0.1) is 29.9 Å². The van der Waals surface area contributed by atoms with Crippen molar-refractivity contribution < 1.29 is 4.74 Å². The molecule has 0 spiro atoms. The molecule has 1 saturated carbocycles. The first kappa shape index (κ1) is 18.9. The van der Waals surface area contributed by atoms with Gasteiger partial charge in [0.2, 0.25) is 0 Å². The Bertz CT molecular complexity index is 883. The lowest BCUT2D eigenvalue weighted by Crippen LogP contribution is -2.17. The highest BCUT2D eigenvalue weighted by Crippen LogP contribution is 2.37. The molecule has 1 unspecified atom stereocenters. The Kier molecular flexibility index (Phi) is 5.84. The van der Waals surface area contributed by atoms with E-state index in [1.165, 1.54) is 56.2 Å². The molecule has 4 nitrogen and oxygen atoms in total. The van der Waals surface area contributed by atoms with Gasteiger partial charge in [0, 0.05) is 18.0 Å². The molecule has 28 heavy (non-hydrogen) atoms. The highest BCUT2D eigenvalue weighted by atomic mass is 16.5. The fourth-order valence-corrected chi connectivity index (χ4v) is 4.43. The van der Waals surface area contributed by atoms with Gasteiger partial charge in [-0.25, -0.2) is 0 Å². The lowest BCUT2D eigenvalue weighted by molar-refractivity contribution is 0.414. The summed E-state index contributed by atoms with van der Waals surface area (Å²) in [5.74, 6) is 1.54. The van der Waals surface area contributed by atoms with Crippen molar-refractivity contribution in [2.45, 2.75) is 58.3 Å². The van der Waals surface area contributed by atoms with Crippen molar-refractivity contribution in [2.24, 2.45) is 10.9 Å². The van der Waals surface area contributed by atoms with Crippen molar-refractivity contribution in [1.82, 2.24) is 9.97 Å². The van der Waals surface area contributed by atoms with Crippen molar-refractivity contribution in [3.63, 3.8) is 0 Å². The van der Waals surface area contributed by atoms with Crippen LogP contribution in [0.15, 0.2) is 46.7 Å². The number of aromatic amines is 2. The number of unbranched alkanes of at least 4 members (excludes halogenated alkanes) is 3. The van der Waals surface area contributed by atoms with Crippen LogP contribution in [0.3, 0.4) is 0 Å². The standard InChI is InChI=1S/C24H31N3O/c1-3-4-5-6-9-17-10-7-11-20-19(17)14-18(26-20)15-23-24(28-2)16-22(27-23)21-12-8-13-25-21/h8,12-17,25,27H,3-7,9-11H2,1-2H3. The molecule has 2 aliphatic rings. The first-order chi connectivity index (χ1) is 13.8. The quantitative estimate of drug-likeness (QED) is 0.506. The maximum Gasteiger partial charge on any atom is 0.144 e. The summed E-state index contributed by atoms with van der Waals surface area (Å²) in [6.07, 6.45) is 16.7. The van der Waals surface area contributed by atoms with Gasteiger partial charge in [-0.05, 0) is 61.5 Å². The molecule has 4 heteroatoms. The lowest BCUT2D eigenvalue weighted by atomic mass is 9.80. The summed E-state index contributed by atoms with van der Waals surface area (Å²) in [5, 5.41) is 0. The van der Waals surface area contributed by atoms with E-state index in [2.05, 4.69) is 35.1 Å². The molecule has 0 amide bonds. The van der Waals surface area contributed by atoms with Crippen LogP contribution in [0.1, 0.15) is 64.0 Å². The third kappa shape index (κ3) is 4.01. The fourth-order valence-electron chi connectivity index (χ4n) is 4.43. The van der Waals surface area contributed by atoms with E-state index in [1.54, 1.807) is 7.11 Å². The molecule has 0 radical (unpaired) electrons. The van der Waals surface area contributed by atoms with Crippen LogP contribution >= 0.6 is 0 Å². The molecule has 0 saturated heterocycles. The molecule has 2 N–H and O–H groups in total. The van der Waals surface area contributed by atoms with Crippen molar-refractivity contribution in [2.75, 3.05) is 7.11 Å². The minimum atomic E-state index is 0.690. The number of aromatic nitrogens is 2. The van der Waals surface area contributed by atoms with Gasteiger partial charge in [-0.3, -0.25) is 4.99 Å². The maximum absolute atomic E-state index is 5.59. The number of ether oxygens (including phenoxy) is 1. The van der Waals surface area contributed by atoms with Gasteiger partial charge in [-0.1, -0.05) is 32.6 Å². The molecule has 3 heterocycles. The number of aliphatic imine (C=N–C) groups is 1. The number of hydrogen-bond acceptors (Lipinski definition) is 2. The van der Waals surface area contributed by atoms with Crippen molar-refractivity contribution in [3.05, 3.63) is 47.4 Å². The molecule has 2 aromatic heterocycles. The number of H-pyrrole nitrogens is 2. The Hall–Kier alpha value is -2.49. The zero-order valence-electron chi connectivity index (χ0n) is 17.1. The second kappa shape index (κ2) is 8.68. The Morgan fingerprint density at radius 1 is 1.25 bits per heavy atom. The topological polar surface area (TPSA) is 53.2 Å². The second-order valence-electron chi connectivity index (χ2n) is 7.91. The van der Waals surface area contributed by atoms with Gasteiger partial charge >= 0.3 is 0 Å². The smallest absolute Gasteiger partial charge is 0.144 e. The van der Waals surface area contributed by atoms with Crippen LogP contribution in [0.2, 0.25) is 0 Å². The number of hydrogen-bond donors (Lipinski definition) is 2. The zero-order chi connectivity index (χ0) is 19.3. The number of rotatable bonds is 8. The Balaban J connectivity index is 1.54. The van der Waals surface area contributed by atoms with Gasteiger partial charge in [-0.15, -0.1) is 0 Å². The Labute approximate surface area is 167 Å². The summed E-state index contributed by atoms with van der Waals surface area (Å²) in [6, 6.07) is 6.09. The number of nitrogens with zero attached hydrogens (tertiary/aromatic N) is 1. The summed E-state index contributed by atoms with van der Waals surface area (Å²) in [4.78, 5) is 11.7. The average Bonchev–Trinajstić information content (AvgIpc) is 3.44. The summed E-state index contributed by atoms with van der Waals surface area (Å²) in [7, 11) is 1.72. The fraction of sp³-hybridized carbons (Fsp3) is 0.458. The highest BCUT2D eigenvalue weighted by Gasteiger charge is 2.27. The molecular weight excluding hydrogens is 346 g/mol. The van der Waals surface area contributed by atoms with E-state index in [1.807, 2.05) is 18.3 Å². The lowest BCUT2D eigenvalue weighted by Gasteiger charge is -2.24.